The van der Waals surface area contributed by atoms with E-state index in [2.05, 4.69) is 10.3 Å². The van der Waals surface area contributed by atoms with Gasteiger partial charge in [0.2, 0.25) is 11.8 Å². The molecular formula is C29H30N4O4. The maximum absolute atomic E-state index is 13.6. The molecule has 4 atom stereocenters. The summed E-state index contributed by atoms with van der Waals surface area (Å²) in [4.78, 5) is 46.3. The predicted octanol–water partition coefficient (Wildman–Crippen LogP) is 2.17. The number of aliphatic hydroxyl groups excluding tert-OH is 1. The average molecular weight is 499 g/mol. The second-order valence-corrected chi connectivity index (χ2v) is 10.3. The van der Waals surface area contributed by atoms with E-state index >= 15 is 0 Å². The highest BCUT2D eigenvalue weighted by atomic mass is 16.3. The number of fused-ring (bicyclic) bond motifs is 3. The molecule has 2 aliphatic heterocycles. The average Bonchev–Trinajstić information content (AvgIpc) is 3.63. The molecule has 2 N–H and O–H groups in total. The highest BCUT2D eigenvalue weighted by Gasteiger charge is 2.58. The monoisotopic (exact) mass is 498 g/mol. The van der Waals surface area contributed by atoms with Crippen LogP contribution >= 0.6 is 0 Å². The van der Waals surface area contributed by atoms with Gasteiger partial charge in [0.15, 0.2) is 0 Å². The summed E-state index contributed by atoms with van der Waals surface area (Å²) in [5.74, 6) is -1.04. The molecule has 2 fully saturated rings. The Morgan fingerprint density at radius 1 is 1.03 bits per heavy atom. The van der Waals surface area contributed by atoms with Crippen molar-refractivity contribution in [2.24, 2.45) is 17.8 Å². The third-order valence-corrected chi connectivity index (χ3v) is 8.07. The van der Waals surface area contributed by atoms with Crippen LogP contribution in [0.3, 0.4) is 0 Å². The van der Waals surface area contributed by atoms with Crippen LogP contribution in [0.4, 0.5) is 0 Å². The summed E-state index contributed by atoms with van der Waals surface area (Å²) < 4.78 is 1.74. The van der Waals surface area contributed by atoms with Crippen LogP contribution < -0.4 is 10.9 Å². The lowest BCUT2D eigenvalue weighted by atomic mass is 9.88. The molecule has 2 aromatic heterocycles. The van der Waals surface area contributed by atoms with Gasteiger partial charge in [-0.3, -0.25) is 19.4 Å². The number of amides is 2. The van der Waals surface area contributed by atoms with Crippen molar-refractivity contribution >= 4 is 11.8 Å². The summed E-state index contributed by atoms with van der Waals surface area (Å²) >= 11 is 0. The number of aliphatic hydroxyl groups is 1. The summed E-state index contributed by atoms with van der Waals surface area (Å²) in [7, 11) is 0. The van der Waals surface area contributed by atoms with Gasteiger partial charge in [0.25, 0.3) is 5.56 Å². The van der Waals surface area contributed by atoms with Gasteiger partial charge >= 0.3 is 0 Å². The fourth-order valence-electron chi connectivity index (χ4n) is 6.09. The van der Waals surface area contributed by atoms with Gasteiger partial charge in [-0.1, -0.05) is 30.3 Å². The molecule has 1 saturated carbocycles. The minimum Gasteiger partial charge on any atom is -0.396 e. The quantitative estimate of drug-likeness (QED) is 0.520. The van der Waals surface area contributed by atoms with E-state index in [1.54, 1.807) is 21.9 Å². The first-order chi connectivity index (χ1) is 18.1. The molecule has 190 valence electrons. The SMILES string of the molecule is O=C(NCCc1ccncc1)[C@H]1[C@H](CO)[C@H]2Cn3c(ccc(-c4ccccc4)c3=O)[C@H]2N1C(=O)C1CC1. The molecule has 0 spiro atoms. The summed E-state index contributed by atoms with van der Waals surface area (Å²) in [6, 6.07) is 15.9. The molecule has 1 aliphatic carbocycles. The molecule has 0 radical (unpaired) electrons. The lowest BCUT2D eigenvalue weighted by Crippen LogP contribution is -2.51. The fraction of sp³-hybridized carbons (Fsp3) is 0.379. The van der Waals surface area contributed by atoms with E-state index in [1.807, 2.05) is 54.6 Å². The zero-order valence-electron chi connectivity index (χ0n) is 20.5. The largest absolute Gasteiger partial charge is 0.396 e. The Bertz CT molecular complexity index is 1370. The van der Waals surface area contributed by atoms with Crippen LogP contribution in [0.25, 0.3) is 11.1 Å². The van der Waals surface area contributed by atoms with E-state index in [0.717, 1.165) is 29.7 Å². The Balaban J connectivity index is 1.31. The fourth-order valence-corrected chi connectivity index (χ4v) is 6.09. The van der Waals surface area contributed by atoms with Crippen molar-refractivity contribution in [1.82, 2.24) is 19.8 Å². The maximum atomic E-state index is 13.6. The second kappa shape index (κ2) is 9.59. The van der Waals surface area contributed by atoms with E-state index in [1.165, 1.54) is 0 Å². The first-order valence-electron chi connectivity index (χ1n) is 13.0. The highest BCUT2D eigenvalue weighted by molar-refractivity contribution is 5.91. The molecule has 0 bridgehead atoms. The second-order valence-electron chi connectivity index (χ2n) is 10.3. The maximum Gasteiger partial charge on any atom is 0.258 e. The van der Waals surface area contributed by atoms with E-state index in [4.69, 9.17) is 0 Å². The molecule has 4 heterocycles. The molecular weight excluding hydrogens is 468 g/mol. The summed E-state index contributed by atoms with van der Waals surface area (Å²) in [5.41, 5.74) is 3.15. The van der Waals surface area contributed by atoms with Gasteiger partial charge in [-0.2, -0.15) is 0 Å². The first kappa shape index (κ1) is 23.6. The van der Waals surface area contributed by atoms with Gasteiger partial charge in [0.1, 0.15) is 6.04 Å². The summed E-state index contributed by atoms with van der Waals surface area (Å²) in [6.45, 7) is 0.571. The number of benzene rings is 1. The lowest BCUT2D eigenvalue weighted by Gasteiger charge is -2.31. The summed E-state index contributed by atoms with van der Waals surface area (Å²) in [5, 5.41) is 13.5. The molecule has 37 heavy (non-hydrogen) atoms. The minimum absolute atomic E-state index is 0.0479. The Kier molecular flexibility index (Phi) is 6.12. The Labute approximate surface area is 215 Å². The van der Waals surface area contributed by atoms with Crippen LogP contribution in [0.5, 0.6) is 0 Å². The van der Waals surface area contributed by atoms with E-state index in [9.17, 15) is 19.5 Å². The molecule has 1 saturated heterocycles. The van der Waals surface area contributed by atoms with Crippen molar-refractivity contribution in [2.75, 3.05) is 13.2 Å². The van der Waals surface area contributed by atoms with Gasteiger partial charge in [-0.25, -0.2) is 0 Å². The van der Waals surface area contributed by atoms with Crippen molar-refractivity contribution < 1.29 is 14.7 Å². The van der Waals surface area contributed by atoms with E-state index in [0.29, 0.717) is 25.1 Å². The Hall–Kier alpha value is -3.78. The minimum atomic E-state index is -0.761. The van der Waals surface area contributed by atoms with Crippen LogP contribution in [-0.2, 0) is 22.6 Å². The normalized spacial score (nSPS) is 24.0. The number of aromatic nitrogens is 2. The number of pyridine rings is 2. The van der Waals surface area contributed by atoms with E-state index in [-0.39, 0.29) is 35.8 Å². The molecule has 0 unspecified atom stereocenters. The zero-order chi connectivity index (χ0) is 25.5. The molecule has 8 heteroatoms. The van der Waals surface area contributed by atoms with Gasteiger partial charge in [-0.15, -0.1) is 0 Å². The first-order valence-corrected chi connectivity index (χ1v) is 13.0. The van der Waals surface area contributed by atoms with Crippen LogP contribution in [0.1, 0.15) is 30.1 Å². The Morgan fingerprint density at radius 3 is 2.49 bits per heavy atom. The molecule has 3 aliphatic rings. The third kappa shape index (κ3) is 4.15. The van der Waals surface area contributed by atoms with Gasteiger partial charge in [-0.05, 0) is 54.7 Å². The Morgan fingerprint density at radius 2 is 1.78 bits per heavy atom. The molecule has 8 nitrogen and oxygen atoms in total. The molecule has 3 aromatic rings. The number of likely N-dealkylation sites (tertiary alicyclic amines) is 1. The number of rotatable bonds is 7. The number of carbonyl (C=O) groups is 2. The van der Waals surface area contributed by atoms with Crippen LogP contribution in [0, 0.1) is 17.8 Å². The molecule has 2 amide bonds. The standard InChI is InChI=1S/C29H30N4O4/c34-17-23-22-16-32-24(9-8-21(29(32)37)19-4-2-1-3-5-19)25(22)33(28(36)20-6-7-20)26(23)27(35)31-15-12-18-10-13-30-14-11-18/h1-5,8-11,13-14,20,22-23,25-26,34H,6-7,12,15-17H2,(H,31,35)/t22-,23-,25+,26-/m1/s1. The predicted molar refractivity (Wildman–Crippen MR) is 137 cm³/mol. The number of hydrogen-bond acceptors (Lipinski definition) is 5. The van der Waals surface area contributed by atoms with Gasteiger partial charge in [0.05, 0.1) is 6.04 Å². The van der Waals surface area contributed by atoms with Gasteiger partial charge in [0, 0.05) is 61.1 Å². The van der Waals surface area contributed by atoms with Crippen LogP contribution in [0.15, 0.2) is 71.8 Å². The highest BCUT2D eigenvalue weighted by Crippen LogP contribution is 2.51. The van der Waals surface area contributed by atoms with Gasteiger partial charge < -0.3 is 19.9 Å². The molecule has 1 aromatic carbocycles. The third-order valence-electron chi connectivity index (χ3n) is 8.07. The zero-order valence-corrected chi connectivity index (χ0v) is 20.5. The van der Waals surface area contributed by atoms with Crippen molar-refractivity contribution in [1.29, 1.82) is 0 Å². The van der Waals surface area contributed by atoms with Crippen molar-refractivity contribution in [3.05, 3.63) is 88.6 Å². The van der Waals surface area contributed by atoms with E-state index < -0.39 is 18.0 Å². The smallest absolute Gasteiger partial charge is 0.258 e. The number of nitrogens with one attached hydrogen (secondary N) is 1. The van der Waals surface area contributed by atoms with Crippen LogP contribution in [-0.4, -0.2) is 50.6 Å². The van der Waals surface area contributed by atoms with Crippen molar-refractivity contribution in [3.63, 3.8) is 0 Å². The lowest BCUT2D eigenvalue weighted by molar-refractivity contribution is -0.142. The number of carbonyl (C=O) groups excluding carboxylic acids is 2. The molecule has 6 rings (SSSR count). The number of hydrogen-bond donors (Lipinski definition) is 2. The topological polar surface area (TPSA) is 105 Å². The van der Waals surface area contributed by atoms with Crippen molar-refractivity contribution in [2.45, 2.75) is 37.9 Å². The van der Waals surface area contributed by atoms with Crippen LogP contribution in [0.2, 0.25) is 0 Å². The number of nitrogens with zero attached hydrogens (tertiary/aromatic N) is 3. The summed E-state index contributed by atoms with van der Waals surface area (Å²) in [6.07, 6.45) is 5.71. The van der Waals surface area contributed by atoms with Crippen molar-refractivity contribution in [3.8, 4) is 11.1 Å².